The molecule has 0 bridgehead atoms. The quantitative estimate of drug-likeness (QED) is 0.638. The lowest BCUT2D eigenvalue weighted by Gasteiger charge is -2.30. The summed E-state index contributed by atoms with van der Waals surface area (Å²) in [6, 6.07) is 15.1. The van der Waals surface area contributed by atoms with E-state index in [1.165, 1.54) is 0 Å². The maximum absolute atomic E-state index is 6.04. The second-order valence-electron chi connectivity index (χ2n) is 6.34. The van der Waals surface area contributed by atoms with Crippen LogP contribution in [0.15, 0.2) is 53.1 Å². The third kappa shape index (κ3) is 4.23. The Labute approximate surface area is 162 Å². The molecular weight excluding hydrogens is 366 g/mol. The zero-order valence-corrected chi connectivity index (χ0v) is 15.7. The van der Waals surface area contributed by atoms with Crippen molar-refractivity contribution >= 4 is 11.6 Å². The van der Waals surface area contributed by atoms with Gasteiger partial charge < -0.3 is 14.0 Å². The van der Waals surface area contributed by atoms with Crippen molar-refractivity contribution in [2.45, 2.75) is 19.6 Å². The molecule has 2 aromatic carbocycles. The summed E-state index contributed by atoms with van der Waals surface area (Å²) in [5.74, 6) is 2.71. The van der Waals surface area contributed by atoms with E-state index >= 15 is 0 Å². The molecule has 0 saturated carbocycles. The minimum atomic E-state index is -0.0430. The summed E-state index contributed by atoms with van der Waals surface area (Å²) in [4.78, 5) is 6.69. The summed E-state index contributed by atoms with van der Waals surface area (Å²) in [7, 11) is 0. The van der Waals surface area contributed by atoms with E-state index in [1.807, 2.05) is 48.5 Å². The molecule has 0 saturated heterocycles. The van der Waals surface area contributed by atoms with E-state index in [2.05, 4.69) is 22.0 Å². The van der Waals surface area contributed by atoms with Gasteiger partial charge >= 0.3 is 0 Å². The second-order valence-corrected chi connectivity index (χ2v) is 6.78. The maximum atomic E-state index is 6.04. The number of halogens is 1. The van der Waals surface area contributed by atoms with Crippen LogP contribution in [-0.2, 0) is 6.54 Å². The summed E-state index contributed by atoms with van der Waals surface area (Å²) >= 11 is 5.92. The van der Waals surface area contributed by atoms with Gasteiger partial charge in [-0.15, -0.1) is 0 Å². The Hall–Kier alpha value is -2.57. The largest absolute Gasteiger partial charge is 0.486 e. The molecule has 0 amide bonds. The smallest absolute Gasteiger partial charge is 0.241 e. The standard InChI is InChI=1S/C20H20ClN3O3/c1-2-24(11-16-13-25-17-5-3-4-6-18(17)26-16)12-19-22-20(23-27-19)14-7-9-15(21)10-8-14/h3-10,16H,2,11-13H2,1H3/t16-/m0/s1. The third-order valence-electron chi connectivity index (χ3n) is 4.41. The molecule has 27 heavy (non-hydrogen) atoms. The van der Waals surface area contributed by atoms with E-state index < -0.39 is 0 Å². The first-order valence-electron chi connectivity index (χ1n) is 8.90. The fraction of sp³-hybridized carbons (Fsp3) is 0.300. The van der Waals surface area contributed by atoms with Crippen molar-refractivity contribution in [3.8, 4) is 22.9 Å². The van der Waals surface area contributed by atoms with Gasteiger partial charge in [0.1, 0.15) is 12.7 Å². The van der Waals surface area contributed by atoms with E-state index in [1.54, 1.807) is 0 Å². The first-order chi connectivity index (χ1) is 13.2. The Morgan fingerprint density at radius 3 is 2.67 bits per heavy atom. The van der Waals surface area contributed by atoms with Gasteiger partial charge in [0.2, 0.25) is 11.7 Å². The first kappa shape index (κ1) is 17.8. The molecule has 4 rings (SSSR count). The lowest BCUT2D eigenvalue weighted by molar-refractivity contribution is 0.0551. The predicted molar refractivity (Wildman–Crippen MR) is 102 cm³/mol. The molecule has 6 nitrogen and oxygen atoms in total. The molecule has 0 N–H and O–H groups in total. The lowest BCUT2D eigenvalue weighted by atomic mass is 10.2. The Bertz CT molecular complexity index is 897. The molecule has 0 radical (unpaired) electrons. The van der Waals surface area contributed by atoms with E-state index in [0.29, 0.717) is 36.4 Å². The maximum Gasteiger partial charge on any atom is 0.241 e. The SMILES string of the molecule is CCN(Cc1nc(-c2ccc(Cl)cc2)no1)C[C@H]1COc2ccccc2O1. The average Bonchev–Trinajstić information content (AvgIpc) is 3.16. The normalized spacial score (nSPS) is 15.9. The molecule has 0 unspecified atom stereocenters. The van der Waals surface area contributed by atoms with Crippen LogP contribution in [0.2, 0.25) is 5.02 Å². The summed E-state index contributed by atoms with van der Waals surface area (Å²) in [6.45, 7) is 4.71. The van der Waals surface area contributed by atoms with Gasteiger partial charge in [-0.1, -0.05) is 35.8 Å². The van der Waals surface area contributed by atoms with Crippen LogP contribution in [0.1, 0.15) is 12.8 Å². The van der Waals surface area contributed by atoms with E-state index in [4.69, 9.17) is 25.6 Å². The number of fused-ring (bicyclic) bond motifs is 1. The van der Waals surface area contributed by atoms with Crippen LogP contribution < -0.4 is 9.47 Å². The zero-order chi connectivity index (χ0) is 18.6. The number of hydrogen-bond donors (Lipinski definition) is 0. The van der Waals surface area contributed by atoms with Gasteiger partial charge in [-0.2, -0.15) is 4.98 Å². The monoisotopic (exact) mass is 385 g/mol. The summed E-state index contributed by atoms with van der Waals surface area (Å²) in [6.07, 6.45) is -0.0430. The summed E-state index contributed by atoms with van der Waals surface area (Å²) in [5, 5.41) is 4.74. The van der Waals surface area contributed by atoms with E-state index in [-0.39, 0.29) is 6.10 Å². The number of likely N-dealkylation sites (N-methyl/N-ethyl adjacent to an activating group) is 1. The van der Waals surface area contributed by atoms with Crippen molar-refractivity contribution in [1.29, 1.82) is 0 Å². The van der Waals surface area contributed by atoms with Crippen LogP contribution in [0.5, 0.6) is 11.5 Å². The molecule has 0 fully saturated rings. The Balaban J connectivity index is 1.39. The third-order valence-corrected chi connectivity index (χ3v) is 4.66. The molecule has 1 aliphatic rings. The van der Waals surface area contributed by atoms with Gasteiger partial charge in [0.25, 0.3) is 0 Å². The van der Waals surface area contributed by atoms with Crippen LogP contribution in [0.4, 0.5) is 0 Å². The Morgan fingerprint density at radius 2 is 1.89 bits per heavy atom. The Morgan fingerprint density at radius 1 is 1.11 bits per heavy atom. The van der Waals surface area contributed by atoms with Gasteiger partial charge in [0, 0.05) is 17.1 Å². The van der Waals surface area contributed by atoms with Gasteiger partial charge in [-0.3, -0.25) is 4.90 Å². The average molecular weight is 386 g/mol. The lowest BCUT2D eigenvalue weighted by Crippen LogP contribution is -2.40. The highest BCUT2D eigenvalue weighted by molar-refractivity contribution is 6.30. The number of para-hydroxylation sites is 2. The fourth-order valence-electron chi connectivity index (χ4n) is 2.97. The number of rotatable bonds is 6. The highest BCUT2D eigenvalue weighted by Gasteiger charge is 2.23. The molecule has 1 atom stereocenters. The van der Waals surface area contributed by atoms with Crippen molar-refractivity contribution in [3.63, 3.8) is 0 Å². The van der Waals surface area contributed by atoms with Crippen LogP contribution in [0, 0.1) is 0 Å². The number of benzene rings is 2. The molecule has 1 aliphatic heterocycles. The van der Waals surface area contributed by atoms with Gasteiger partial charge in [-0.05, 0) is 42.9 Å². The van der Waals surface area contributed by atoms with Crippen molar-refractivity contribution in [3.05, 3.63) is 59.4 Å². The summed E-state index contributed by atoms with van der Waals surface area (Å²) in [5.41, 5.74) is 0.873. The van der Waals surface area contributed by atoms with Crippen LogP contribution in [-0.4, -0.2) is 40.8 Å². The molecule has 0 aliphatic carbocycles. The molecule has 2 heterocycles. The van der Waals surface area contributed by atoms with Crippen LogP contribution in [0.25, 0.3) is 11.4 Å². The molecule has 7 heteroatoms. The second kappa shape index (κ2) is 7.98. The number of ether oxygens (including phenoxy) is 2. The minimum absolute atomic E-state index is 0.0430. The van der Waals surface area contributed by atoms with Crippen molar-refractivity contribution in [2.24, 2.45) is 0 Å². The van der Waals surface area contributed by atoms with Crippen molar-refractivity contribution in [1.82, 2.24) is 15.0 Å². The van der Waals surface area contributed by atoms with Crippen LogP contribution >= 0.6 is 11.6 Å². The topological polar surface area (TPSA) is 60.6 Å². The van der Waals surface area contributed by atoms with Gasteiger partial charge in [0.15, 0.2) is 11.5 Å². The number of hydrogen-bond acceptors (Lipinski definition) is 6. The first-order valence-corrected chi connectivity index (χ1v) is 9.28. The fourth-order valence-corrected chi connectivity index (χ4v) is 3.10. The summed E-state index contributed by atoms with van der Waals surface area (Å²) < 4.78 is 17.3. The van der Waals surface area contributed by atoms with E-state index in [9.17, 15) is 0 Å². The zero-order valence-electron chi connectivity index (χ0n) is 15.0. The minimum Gasteiger partial charge on any atom is -0.486 e. The van der Waals surface area contributed by atoms with Crippen molar-refractivity contribution in [2.75, 3.05) is 19.7 Å². The Kier molecular flexibility index (Phi) is 5.27. The van der Waals surface area contributed by atoms with Gasteiger partial charge in [0.05, 0.1) is 6.54 Å². The van der Waals surface area contributed by atoms with Gasteiger partial charge in [-0.25, -0.2) is 0 Å². The molecule has 140 valence electrons. The predicted octanol–water partition coefficient (Wildman–Crippen LogP) is 4.05. The van der Waals surface area contributed by atoms with Crippen LogP contribution in [0.3, 0.4) is 0 Å². The van der Waals surface area contributed by atoms with Crippen molar-refractivity contribution < 1.29 is 14.0 Å². The molecule has 1 aromatic heterocycles. The number of aromatic nitrogens is 2. The molecule has 3 aromatic rings. The van der Waals surface area contributed by atoms with E-state index in [0.717, 1.165) is 23.6 Å². The molecular formula is C20H20ClN3O3. The highest BCUT2D eigenvalue weighted by Crippen LogP contribution is 2.31. The highest BCUT2D eigenvalue weighted by atomic mass is 35.5. The molecule has 0 spiro atoms. The number of nitrogens with zero attached hydrogens (tertiary/aromatic N) is 3.